The van der Waals surface area contributed by atoms with Crippen molar-refractivity contribution in [3.8, 4) is 0 Å². The molecule has 0 aromatic carbocycles. The Morgan fingerprint density at radius 3 is 2.58 bits per heavy atom. The standard InChI is InChI=1S/C15H28N2O2/c1-11(2)3-4-12-5-7-17(8-6-12)15(19)14-9-13(18)10-16-14/h11-14,16,18H,3-10H2,1-2H3. The topological polar surface area (TPSA) is 52.6 Å². The van der Waals surface area contributed by atoms with E-state index in [1.54, 1.807) is 0 Å². The minimum atomic E-state index is -0.350. The van der Waals surface area contributed by atoms with Gasteiger partial charge in [-0.1, -0.05) is 26.7 Å². The van der Waals surface area contributed by atoms with Crippen molar-refractivity contribution in [2.24, 2.45) is 11.8 Å². The van der Waals surface area contributed by atoms with E-state index in [0.29, 0.717) is 13.0 Å². The fraction of sp³-hybridized carbons (Fsp3) is 0.933. The van der Waals surface area contributed by atoms with Crippen molar-refractivity contribution in [1.29, 1.82) is 0 Å². The molecule has 0 aromatic rings. The van der Waals surface area contributed by atoms with Gasteiger partial charge in [0.2, 0.25) is 5.91 Å². The van der Waals surface area contributed by atoms with E-state index in [4.69, 9.17) is 0 Å². The average molecular weight is 268 g/mol. The van der Waals surface area contributed by atoms with Gasteiger partial charge in [0.1, 0.15) is 0 Å². The average Bonchev–Trinajstić information content (AvgIpc) is 2.83. The first-order chi connectivity index (χ1) is 9.06. The highest BCUT2D eigenvalue weighted by Gasteiger charge is 2.32. The van der Waals surface area contributed by atoms with Crippen LogP contribution in [0.1, 0.15) is 46.0 Å². The number of hydrogen-bond acceptors (Lipinski definition) is 3. The highest BCUT2D eigenvalue weighted by atomic mass is 16.3. The van der Waals surface area contributed by atoms with Gasteiger partial charge in [-0.15, -0.1) is 0 Å². The van der Waals surface area contributed by atoms with Crippen LogP contribution < -0.4 is 5.32 Å². The van der Waals surface area contributed by atoms with Crippen LogP contribution in [0.4, 0.5) is 0 Å². The highest BCUT2D eigenvalue weighted by Crippen LogP contribution is 2.24. The van der Waals surface area contributed by atoms with Crippen LogP contribution in [0.2, 0.25) is 0 Å². The molecule has 2 heterocycles. The summed E-state index contributed by atoms with van der Waals surface area (Å²) in [5.41, 5.74) is 0. The van der Waals surface area contributed by atoms with Gasteiger partial charge in [-0.05, 0) is 31.1 Å². The molecule has 2 fully saturated rings. The van der Waals surface area contributed by atoms with Crippen molar-refractivity contribution in [1.82, 2.24) is 10.2 Å². The number of piperidine rings is 1. The molecule has 4 nitrogen and oxygen atoms in total. The lowest BCUT2D eigenvalue weighted by Gasteiger charge is -2.33. The number of nitrogens with zero attached hydrogens (tertiary/aromatic N) is 1. The van der Waals surface area contributed by atoms with Gasteiger partial charge in [-0.3, -0.25) is 4.79 Å². The van der Waals surface area contributed by atoms with Gasteiger partial charge in [0, 0.05) is 19.6 Å². The first-order valence-corrected chi connectivity index (χ1v) is 7.76. The van der Waals surface area contributed by atoms with Crippen molar-refractivity contribution in [3.05, 3.63) is 0 Å². The van der Waals surface area contributed by atoms with Crippen molar-refractivity contribution < 1.29 is 9.90 Å². The molecule has 2 rings (SSSR count). The smallest absolute Gasteiger partial charge is 0.239 e. The summed E-state index contributed by atoms with van der Waals surface area (Å²) in [5.74, 6) is 1.77. The number of aliphatic hydroxyl groups is 1. The number of β-amino-alcohol motifs (C(OH)–C–C–N with tert-alkyl or cyclic N) is 1. The van der Waals surface area contributed by atoms with Crippen LogP contribution in [0, 0.1) is 11.8 Å². The molecule has 0 aliphatic carbocycles. The lowest BCUT2D eigenvalue weighted by atomic mass is 9.89. The van der Waals surface area contributed by atoms with Gasteiger partial charge in [0.05, 0.1) is 12.1 Å². The third-order valence-electron chi connectivity index (χ3n) is 4.48. The summed E-state index contributed by atoms with van der Waals surface area (Å²) in [6.45, 7) is 6.90. The third-order valence-corrected chi connectivity index (χ3v) is 4.48. The van der Waals surface area contributed by atoms with Crippen molar-refractivity contribution >= 4 is 5.91 Å². The Morgan fingerprint density at radius 2 is 2.05 bits per heavy atom. The molecule has 1 amide bonds. The maximum atomic E-state index is 12.3. The molecule has 2 saturated heterocycles. The second-order valence-electron chi connectivity index (χ2n) is 6.59. The summed E-state index contributed by atoms with van der Waals surface area (Å²) < 4.78 is 0. The zero-order chi connectivity index (χ0) is 13.8. The number of nitrogens with one attached hydrogen (secondary N) is 1. The Hall–Kier alpha value is -0.610. The number of amides is 1. The second-order valence-corrected chi connectivity index (χ2v) is 6.59. The van der Waals surface area contributed by atoms with E-state index in [9.17, 15) is 9.90 Å². The first kappa shape index (κ1) is 14.8. The van der Waals surface area contributed by atoms with Crippen LogP contribution >= 0.6 is 0 Å². The zero-order valence-electron chi connectivity index (χ0n) is 12.3. The van der Waals surface area contributed by atoms with Gasteiger partial charge in [-0.25, -0.2) is 0 Å². The van der Waals surface area contributed by atoms with Gasteiger partial charge in [0.15, 0.2) is 0 Å². The maximum absolute atomic E-state index is 12.3. The quantitative estimate of drug-likeness (QED) is 0.810. The number of carbonyl (C=O) groups is 1. The molecular formula is C15H28N2O2. The normalized spacial score (nSPS) is 29.2. The minimum absolute atomic E-state index is 0.151. The molecular weight excluding hydrogens is 240 g/mol. The third kappa shape index (κ3) is 4.18. The lowest BCUT2D eigenvalue weighted by molar-refractivity contribution is -0.134. The largest absolute Gasteiger partial charge is 0.392 e. The molecule has 2 N–H and O–H groups in total. The van der Waals surface area contributed by atoms with Crippen LogP contribution in [0.25, 0.3) is 0 Å². The number of likely N-dealkylation sites (tertiary alicyclic amines) is 1. The fourth-order valence-electron chi connectivity index (χ4n) is 3.14. The van der Waals surface area contributed by atoms with E-state index in [1.807, 2.05) is 4.90 Å². The zero-order valence-corrected chi connectivity index (χ0v) is 12.3. The van der Waals surface area contributed by atoms with E-state index in [1.165, 1.54) is 12.8 Å². The van der Waals surface area contributed by atoms with Gasteiger partial charge < -0.3 is 15.3 Å². The first-order valence-electron chi connectivity index (χ1n) is 7.76. The van der Waals surface area contributed by atoms with Crippen LogP contribution in [-0.2, 0) is 4.79 Å². The van der Waals surface area contributed by atoms with Gasteiger partial charge in [-0.2, -0.15) is 0 Å². The minimum Gasteiger partial charge on any atom is -0.392 e. The summed E-state index contributed by atoms with van der Waals surface area (Å²) in [6.07, 6.45) is 5.13. The summed E-state index contributed by atoms with van der Waals surface area (Å²) in [5, 5.41) is 12.6. The summed E-state index contributed by atoms with van der Waals surface area (Å²) >= 11 is 0. The summed E-state index contributed by atoms with van der Waals surface area (Å²) in [7, 11) is 0. The van der Waals surface area contributed by atoms with E-state index >= 15 is 0 Å². The Balaban J connectivity index is 1.72. The molecule has 2 aliphatic heterocycles. The molecule has 4 heteroatoms. The van der Waals surface area contributed by atoms with Crippen molar-refractivity contribution in [3.63, 3.8) is 0 Å². The van der Waals surface area contributed by atoms with Crippen molar-refractivity contribution in [2.45, 2.75) is 58.1 Å². The van der Waals surface area contributed by atoms with E-state index in [-0.39, 0.29) is 18.1 Å². The molecule has 0 bridgehead atoms. The molecule has 0 aromatic heterocycles. The fourth-order valence-corrected chi connectivity index (χ4v) is 3.14. The second kappa shape index (κ2) is 6.71. The van der Waals surface area contributed by atoms with Gasteiger partial charge in [0.25, 0.3) is 0 Å². The summed E-state index contributed by atoms with van der Waals surface area (Å²) in [6, 6.07) is -0.151. The van der Waals surface area contributed by atoms with E-state index < -0.39 is 0 Å². The van der Waals surface area contributed by atoms with Crippen LogP contribution in [0.15, 0.2) is 0 Å². The molecule has 2 unspecified atom stereocenters. The van der Waals surface area contributed by atoms with Crippen LogP contribution in [0.3, 0.4) is 0 Å². The van der Waals surface area contributed by atoms with Crippen LogP contribution in [0.5, 0.6) is 0 Å². The number of aliphatic hydroxyl groups excluding tert-OH is 1. The number of hydrogen-bond donors (Lipinski definition) is 2. The molecule has 2 atom stereocenters. The van der Waals surface area contributed by atoms with E-state index in [0.717, 1.165) is 37.8 Å². The molecule has 2 aliphatic rings. The Morgan fingerprint density at radius 1 is 1.37 bits per heavy atom. The number of carbonyl (C=O) groups excluding carboxylic acids is 1. The van der Waals surface area contributed by atoms with Crippen LogP contribution in [-0.4, -0.2) is 47.7 Å². The SMILES string of the molecule is CC(C)CCC1CCN(C(=O)C2CC(O)CN2)CC1. The predicted molar refractivity (Wildman–Crippen MR) is 75.8 cm³/mol. The Kier molecular flexibility index (Phi) is 5.22. The van der Waals surface area contributed by atoms with Gasteiger partial charge >= 0.3 is 0 Å². The molecule has 110 valence electrons. The monoisotopic (exact) mass is 268 g/mol. The lowest BCUT2D eigenvalue weighted by Crippen LogP contribution is -2.47. The molecule has 0 saturated carbocycles. The summed E-state index contributed by atoms with van der Waals surface area (Å²) in [4.78, 5) is 14.3. The van der Waals surface area contributed by atoms with E-state index in [2.05, 4.69) is 19.2 Å². The maximum Gasteiger partial charge on any atom is 0.239 e. The number of rotatable bonds is 4. The Bertz CT molecular complexity index is 299. The molecule has 0 radical (unpaired) electrons. The highest BCUT2D eigenvalue weighted by molar-refractivity contribution is 5.82. The molecule has 0 spiro atoms. The molecule has 19 heavy (non-hydrogen) atoms. The predicted octanol–water partition coefficient (Wildman–Crippen LogP) is 1.38. The van der Waals surface area contributed by atoms with Crippen molar-refractivity contribution in [2.75, 3.05) is 19.6 Å². The Labute approximate surface area is 116 Å².